The van der Waals surface area contributed by atoms with Gasteiger partial charge in [-0.15, -0.1) is 0 Å². The second-order valence-electron chi connectivity index (χ2n) is 5.33. The first-order chi connectivity index (χ1) is 8.61. The molecule has 1 unspecified atom stereocenters. The normalized spacial score (nSPS) is 19.8. The zero-order valence-corrected chi connectivity index (χ0v) is 11.5. The van der Waals surface area contributed by atoms with Crippen molar-refractivity contribution in [1.29, 1.82) is 0 Å². The lowest BCUT2D eigenvalue weighted by molar-refractivity contribution is 0.0639. The lowest BCUT2D eigenvalue weighted by Crippen LogP contribution is -2.32. The quantitative estimate of drug-likeness (QED) is 0.892. The molecule has 0 aliphatic carbocycles. The predicted molar refractivity (Wildman–Crippen MR) is 72.9 cm³/mol. The summed E-state index contributed by atoms with van der Waals surface area (Å²) in [4.78, 5) is 2.32. The van der Waals surface area contributed by atoms with Crippen LogP contribution in [0.25, 0.3) is 0 Å². The highest BCUT2D eigenvalue weighted by atomic mass is 16.5. The average Bonchev–Trinajstić information content (AvgIpc) is 2.38. The Hall–Kier alpha value is -1.06. The Labute approximate surface area is 109 Å². The molecule has 1 aromatic rings. The van der Waals surface area contributed by atoms with Gasteiger partial charge >= 0.3 is 0 Å². The maximum atomic E-state index is 10.5. The zero-order valence-electron chi connectivity index (χ0n) is 11.5. The molecule has 2 rings (SSSR count). The summed E-state index contributed by atoms with van der Waals surface area (Å²) < 4.78 is 5.39. The van der Waals surface area contributed by atoms with Crippen molar-refractivity contribution in [3.05, 3.63) is 29.3 Å². The molecule has 0 amide bonds. The van der Waals surface area contributed by atoms with Crippen LogP contribution in [0.3, 0.4) is 0 Å². The third kappa shape index (κ3) is 2.85. The molecule has 1 saturated heterocycles. The lowest BCUT2D eigenvalue weighted by Gasteiger charge is -2.32. The number of methoxy groups -OCH3 is 1. The highest BCUT2D eigenvalue weighted by molar-refractivity contribution is 5.38. The largest absolute Gasteiger partial charge is 0.496 e. The number of aliphatic hydroxyl groups is 1. The Morgan fingerprint density at radius 3 is 2.61 bits per heavy atom. The minimum Gasteiger partial charge on any atom is -0.496 e. The molecule has 1 fully saturated rings. The maximum absolute atomic E-state index is 10.5. The maximum Gasteiger partial charge on any atom is 0.124 e. The molecule has 0 bridgehead atoms. The van der Waals surface area contributed by atoms with E-state index in [4.69, 9.17) is 4.74 Å². The molecule has 0 spiro atoms. The van der Waals surface area contributed by atoms with Crippen molar-refractivity contribution in [2.45, 2.75) is 25.9 Å². The third-order valence-corrected chi connectivity index (χ3v) is 3.92. The molecule has 1 heterocycles. The van der Waals surface area contributed by atoms with Gasteiger partial charge in [0.15, 0.2) is 0 Å². The van der Waals surface area contributed by atoms with Crippen molar-refractivity contribution in [3.63, 3.8) is 0 Å². The van der Waals surface area contributed by atoms with Gasteiger partial charge in [-0.25, -0.2) is 0 Å². The van der Waals surface area contributed by atoms with E-state index in [1.165, 1.54) is 0 Å². The summed E-state index contributed by atoms with van der Waals surface area (Å²) in [6.45, 7) is 4.17. The van der Waals surface area contributed by atoms with Crippen LogP contribution in [0.15, 0.2) is 18.2 Å². The molecule has 3 heteroatoms. The fraction of sp³-hybridized carbons (Fsp3) is 0.600. The van der Waals surface area contributed by atoms with Gasteiger partial charge in [-0.2, -0.15) is 0 Å². The van der Waals surface area contributed by atoms with E-state index in [2.05, 4.69) is 11.9 Å². The number of rotatable bonds is 3. The Bertz CT molecular complexity index is 397. The molecular formula is C15H23NO2. The summed E-state index contributed by atoms with van der Waals surface area (Å²) >= 11 is 0. The molecule has 0 saturated carbocycles. The number of aliphatic hydroxyl groups excluding tert-OH is 1. The van der Waals surface area contributed by atoms with Gasteiger partial charge in [0.1, 0.15) is 5.75 Å². The molecular weight excluding hydrogens is 226 g/mol. The first-order valence-corrected chi connectivity index (χ1v) is 6.63. The number of hydrogen-bond donors (Lipinski definition) is 1. The van der Waals surface area contributed by atoms with Crippen LogP contribution in [0.4, 0.5) is 0 Å². The standard InChI is InChI=1S/C15H23NO2/c1-11-4-5-13(14(10-11)18-3)15(17)12-6-8-16(2)9-7-12/h4-5,10,12,15,17H,6-9H2,1-3H3. The number of ether oxygens (including phenoxy) is 1. The van der Waals surface area contributed by atoms with Crippen molar-refractivity contribution in [1.82, 2.24) is 4.90 Å². The van der Waals surface area contributed by atoms with E-state index in [1.807, 2.05) is 25.1 Å². The number of piperidine rings is 1. The van der Waals surface area contributed by atoms with Gasteiger partial charge < -0.3 is 14.7 Å². The molecule has 1 aliphatic heterocycles. The van der Waals surface area contributed by atoms with Gasteiger partial charge in [0, 0.05) is 5.56 Å². The Morgan fingerprint density at radius 2 is 2.00 bits per heavy atom. The number of aryl methyl sites for hydroxylation is 1. The van der Waals surface area contributed by atoms with Crippen molar-refractivity contribution < 1.29 is 9.84 Å². The van der Waals surface area contributed by atoms with Gasteiger partial charge in [-0.05, 0) is 57.5 Å². The molecule has 3 nitrogen and oxygen atoms in total. The minimum atomic E-state index is -0.408. The first kappa shape index (κ1) is 13.4. The smallest absolute Gasteiger partial charge is 0.124 e. The lowest BCUT2D eigenvalue weighted by atomic mass is 9.87. The van der Waals surface area contributed by atoms with Crippen molar-refractivity contribution in [2.24, 2.45) is 5.92 Å². The highest BCUT2D eigenvalue weighted by Gasteiger charge is 2.26. The van der Waals surface area contributed by atoms with Crippen LogP contribution in [-0.2, 0) is 0 Å². The van der Waals surface area contributed by atoms with E-state index in [0.717, 1.165) is 42.8 Å². The SMILES string of the molecule is COc1cc(C)ccc1C(O)C1CCN(C)CC1. The van der Waals surface area contributed by atoms with E-state index in [-0.39, 0.29) is 0 Å². The molecule has 18 heavy (non-hydrogen) atoms. The number of hydrogen-bond acceptors (Lipinski definition) is 3. The second kappa shape index (κ2) is 5.72. The first-order valence-electron chi connectivity index (χ1n) is 6.63. The van der Waals surface area contributed by atoms with Crippen LogP contribution < -0.4 is 4.74 Å². The predicted octanol–water partition coefficient (Wildman–Crippen LogP) is 2.38. The molecule has 1 aliphatic rings. The summed E-state index contributed by atoms with van der Waals surface area (Å²) in [7, 11) is 3.80. The van der Waals surface area contributed by atoms with Gasteiger partial charge in [0.2, 0.25) is 0 Å². The van der Waals surface area contributed by atoms with Crippen molar-refractivity contribution in [3.8, 4) is 5.75 Å². The molecule has 1 atom stereocenters. The molecule has 1 aromatic carbocycles. The van der Waals surface area contributed by atoms with E-state index >= 15 is 0 Å². The minimum absolute atomic E-state index is 0.345. The Kier molecular flexibility index (Phi) is 4.25. The van der Waals surface area contributed by atoms with Crippen molar-refractivity contribution in [2.75, 3.05) is 27.2 Å². The fourth-order valence-corrected chi connectivity index (χ4v) is 2.66. The van der Waals surface area contributed by atoms with Crippen LogP contribution in [0.5, 0.6) is 5.75 Å². The van der Waals surface area contributed by atoms with Crippen LogP contribution in [0.1, 0.15) is 30.1 Å². The van der Waals surface area contributed by atoms with Gasteiger partial charge in [0.05, 0.1) is 13.2 Å². The Morgan fingerprint density at radius 1 is 1.33 bits per heavy atom. The van der Waals surface area contributed by atoms with Crippen molar-refractivity contribution >= 4 is 0 Å². The van der Waals surface area contributed by atoms with E-state index in [0.29, 0.717) is 5.92 Å². The van der Waals surface area contributed by atoms with Gasteiger partial charge in [-0.3, -0.25) is 0 Å². The van der Waals surface area contributed by atoms with Gasteiger partial charge in [-0.1, -0.05) is 12.1 Å². The van der Waals surface area contributed by atoms with Gasteiger partial charge in [0.25, 0.3) is 0 Å². The zero-order chi connectivity index (χ0) is 13.1. The van der Waals surface area contributed by atoms with Crippen LogP contribution >= 0.6 is 0 Å². The van der Waals surface area contributed by atoms with Crippen LogP contribution in [0, 0.1) is 12.8 Å². The highest BCUT2D eigenvalue weighted by Crippen LogP contribution is 2.35. The Balaban J connectivity index is 2.15. The van der Waals surface area contributed by atoms with Crippen LogP contribution in [-0.4, -0.2) is 37.3 Å². The van der Waals surface area contributed by atoms with E-state index < -0.39 is 6.10 Å². The summed E-state index contributed by atoms with van der Waals surface area (Å²) in [5.74, 6) is 1.15. The van der Waals surface area contributed by atoms with E-state index in [1.54, 1.807) is 7.11 Å². The van der Waals surface area contributed by atoms with Crippen LogP contribution in [0.2, 0.25) is 0 Å². The monoisotopic (exact) mass is 249 g/mol. The molecule has 100 valence electrons. The summed E-state index contributed by atoms with van der Waals surface area (Å²) in [6, 6.07) is 6.03. The topological polar surface area (TPSA) is 32.7 Å². The summed E-state index contributed by atoms with van der Waals surface area (Å²) in [5, 5.41) is 10.5. The fourth-order valence-electron chi connectivity index (χ4n) is 2.66. The number of nitrogens with zero attached hydrogens (tertiary/aromatic N) is 1. The number of likely N-dealkylation sites (tertiary alicyclic amines) is 1. The number of benzene rings is 1. The third-order valence-electron chi connectivity index (χ3n) is 3.92. The average molecular weight is 249 g/mol. The summed E-state index contributed by atoms with van der Waals surface area (Å²) in [6.07, 6.45) is 1.69. The molecule has 0 radical (unpaired) electrons. The molecule has 0 aromatic heterocycles. The molecule has 1 N–H and O–H groups in total. The second-order valence-corrected chi connectivity index (χ2v) is 5.33. The van der Waals surface area contributed by atoms with E-state index in [9.17, 15) is 5.11 Å². The summed E-state index contributed by atoms with van der Waals surface area (Å²) in [5.41, 5.74) is 2.09.